The zero-order valence-electron chi connectivity index (χ0n) is 18.0. The second-order valence-electron chi connectivity index (χ2n) is 7.52. The largest absolute Gasteiger partial charge is 0.490 e. The van der Waals surface area contributed by atoms with Crippen molar-refractivity contribution in [3.05, 3.63) is 80.3 Å². The summed E-state index contributed by atoms with van der Waals surface area (Å²) in [6.45, 7) is 6.72. The first-order chi connectivity index (χ1) is 15.4. The van der Waals surface area contributed by atoms with Crippen molar-refractivity contribution in [2.45, 2.75) is 33.3 Å². The van der Waals surface area contributed by atoms with Gasteiger partial charge in [0.2, 0.25) is 11.8 Å². The van der Waals surface area contributed by atoms with Gasteiger partial charge in [0.1, 0.15) is 18.2 Å². The van der Waals surface area contributed by atoms with E-state index in [1.54, 1.807) is 0 Å². The first kappa shape index (κ1) is 21.8. The Bertz CT molecular complexity index is 1230. The van der Waals surface area contributed by atoms with Crippen LogP contribution in [0.25, 0.3) is 0 Å². The number of H-pyrrole nitrogens is 1. The van der Waals surface area contributed by atoms with Crippen molar-refractivity contribution in [2.24, 2.45) is 5.73 Å². The molecule has 0 bridgehead atoms. The maximum Gasteiger partial charge on any atom is 0.244 e. The summed E-state index contributed by atoms with van der Waals surface area (Å²) in [5, 5.41) is 16.9. The number of nitrogens with one attached hydrogen (secondary N) is 1. The normalized spacial score (nSPS) is 15.0. The van der Waals surface area contributed by atoms with Crippen LogP contribution in [0, 0.1) is 25.2 Å². The minimum Gasteiger partial charge on any atom is -0.490 e. The number of rotatable bonds is 6. The predicted molar refractivity (Wildman–Crippen MR) is 123 cm³/mol. The van der Waals surface area contributed by atoms with E-state index in [4.69, 9.17) is 19.9 Å². The van der Waals surface area contributed by atoms with Crippen LogP contribution in [0.15, 0.2) is 52.3 Å². The molecule has 1 aromatic heterocycles. The van der Waals surface area contributed by atoms with Crippen molar-refractivity contribution in [1.82, 2.24) is 10.2 Å². The molecule has 7 nitrogen and oxygen atoms in total. The SMILES string of the molecule is CCOc1cc([C@@H]2C(C#N)=C(N)Oc3n[nH]c(C)c32)c(Br)cc1OCc1ccc(C)cc1. The van der Waals surface area contributed by atoms with Crippen LogP contribution < -0.4 is 19.9 Å². The van der Waals surface area contributed by atoms with E-state index in [1.807, 2.05) is 45.0 Å². The van der Waals surface area contributed by atoms with Gasteiger partial charge in [-0.1, -0.05) is 45.8 Å². The monoisotopic (exact) mass is 494 g/mol. The van der Waals surface area contributed by atoms with Crippen molar-refractivity contribution in [3.63, 3.8) is 0 Å². The summed E-state index contributed by atoms with van der Waals surface area (Å²) in [7, 11) is 0. The third-order valence-electron chi connectivity index (χ3n) is 5.32. The molecule has 2 heterocycles. The Labute approximate surface area is 194 Å². The molecule has 164 valence electrons. The number of benzene rings is 2. The van der Waals surface area contributed by atoms with E-state index in [2.05, 4.69) is 44.3 Å². The van der Waals surface area contributed by atoms with Crippen LogP contribution in [-0.4, -0.2) is 16.8 Å². The third kappa shape index (κ3) is 4.04. The fourth-order valence-electron chi connectivity index (χ4n) is 3.71. The van der Waals surface area contributed by atoms with Gasteiger partial charge in [-0.25, -0.2) is 0 Å². The van der Waals surface area contributed by atoms with Gasteiger partial charge in [0.05, 0.1) is 12.5 Å². The zero-order valence-corrected chi connectivity index (χ0v) is 19.6. The molecule has 0 saturated heterocycles. The highest BCUT2D eigenvalue weighted by molar-refractivity contribution is 9.10. The number of halogens is 1. The molecule has 0 aliphatic carbocycles. The lowest BCUT2D eigenvalue weighted by Crippen LogP contribution is -2.21. The summed E-state index contributed by atoms with van der Waals surface area (Å²) < 4.78 is 18.3. The van der Waals surface area contributed by atoms with Crippen LogP contribution in [0.2, 0.25) is 0 Å². The van der Waals surface area contributed by atoms with Crippen molar-refractivity contribution in [2.75, 3.05) is 6.61 Å². The number of allylic oxidation sites excluding steroid dienone is 1. The molecule has 1 atom stereocenters. The number of fused-ring (bicyclic) bond motifs is 1. The van der Waals surface area contributed by atoms with Crippen LogP contribution in [-0.2, 0) is 6.61 Å². The number of aromatic amines is 1. The van der Waals surface area contributed by atoms with Gasteiger partial charge >= 0.3 is 0 Å². The van der Waals surface area contributed by atoms with Gasteiger partial charge in [0.25, 0.3) is 0 Å². The molecule has 1 aliphatic rings. The Morgan fingerprint density at radius 2 is 1.91 bits per heavy atom. The lowest BCUT2D eigenvalue weighted by Gasteiger charge is -2.25. The van der Waals surface area contributed by atoms with Crippen molar-refractivity contribution >= 4 is 15.9 Å². The molecule has 8 heteroatoms. The van der Waals surface area contributed by atoms with Crippen molar-refractivity contribution in [3.8, 4) is 23.4 Å². The number of nitrogens with zero attached hydrogens (tertiary/aromatic N) is 2. The number of aromatic nitrogens is 2. The van der Waals surface area contributed by atoms with Crippen LogP contribution in [0.3, 0.4) is 0 Å². The number of nitriles is 1. The molecule has 3 aromatic rings. The fourth-order valence-corrected chi connectivity index (χ4v) is 4.26. The molecule has 0 spiro atoms. The number of nitrogens with two attached hydrogens (primary N) is 1. The van der Waals surface area contributed by atoms with E-state index < -0.39 is 5.92 Å². The fraction of sp³-hybridized carbons (Fsp3) is 0.250. The molecule has 0 amide bonds. The number of hydrogen-bond donors (Lipinski definition) is 2. The lowest BCUT2D eigenvalue weighted by atomic mass is 9.84. The number of hydrogen-bond acceptors (Lipinski definition) is 6. The third-order valence-corrected chi connectivity index (χ3v) is 6.01. The minimum absolute atomic E-state index is 0.0426. The second kappa shape index (κ2) is 8.97. The van der Waals surface area contributed by atoms with Gasteiger partial charge in [-0.3, -0.25) is 5.10 Å². The van der Waals surface area contributed by atoms with Gasteiger partial charge in [0, 0.05) is 15.7 Å². The highest BCUT2D eigenvalue weighted by atomic mass is 79.9. The summed E-state index contributed by atoms with van der Waals surface area (Å²) in [4.78, 5) is 0. The molecule has 0 radical (unpaired) electrons. The van der Waals surface area contributed by atoms with Crippen LogP contribution in [0.4, 0.5) is 0 Å². The molecule has 32 heavy (non-hydrogen) atoms. The smallest absolute Gasteiger partial charge is 0.244 e. The predicted octanol–water partition coefficient (Wildman–Crippen LogP) is 4.98. The summed E-state index contributed by atoms with van der Waals surface area (Å²) >= 11 is 3.67. The standard InChI is InChI=1S/C24H23BrN4O3/c1-4-30-19-9-16(18(25)10-20(19)31-12-15-7-5-13(2)6-8-15)22-17(11-26)23(27)32-24-21(22)14(3)28-29-24/h5-10,22H,4,12,27H2,1-3H3,(H,28,29)/t22-/m1/s1. The van der Waals surface area contributed by atoms with Crippen molar-refractivity contribution < 1.29 is 14.2 Å². The van der Waals surface area contributed by atoms with E-state index in [1.165, 1.54) is 5.56 Å². The minimum atomic E-state index is -0.456. The summed E-state index contributed by atoms with van der Waals surface area (Å²) in [5.41, 5.74) is 11.0. The molecular formula is C24H23BrN4O3. The van der Waals surface area contributed by atoms with E-state index in [-0.39, 0.29) is 5.88 Å². The molecule has 1 aliphatic heterocycles. The molecule has 0 fully saturated rings. The Morgan fingerprint density at radius 1 is 1.19 bits per heavy atom. The average molecular weight is 495 g/mol. The Kier molecular flexibility index (Phi) is 6.10. The van der Waals surface area contributed by atoms with Gasteiger partial charge in [0.15, 0.2) is 11.5 Å². The van der Waals surface area contributed by atoms with E-state index in [0.717, 1.165) is 26.9 Å². The second-order valence-corrected chi connectivity index (χ2v) is 8.37. The number of aryl methyl sites for hydroxylation is 2. The Hall–Kier alpha value is -3.44. The van der Waals surface area contributed by atoms with Gasteiger partial charge in [-0.05, 0) is 44.0 Å². The molecule has 4 rings (SSSR count). The first-order valence-electron chi connectivity index (χ1n) is 10.2. The summed E-state index contributed by atoms with van der Waals surface area (Å²) in [5.74, 6) is 1.15. The first-order valence-corrected chi connectivity index (χ1v) is 11.0. The van der Waals surface area contributed by atoms with Gasteiger partial charge in [-0.15, -0.1) is 5.10 Å². The molecule has 3 N–H and O–H groups in total. The van der Waals surface area contributed by atoms with E-state index >= 15 is 0 Å². The quantitative estimate of drug-likeness (QED) is 0.500. The highest BCUT2D eigenvalue weighted by Gasteiger charge is 2.36. The molecule has 0 unspecified atom stereocenters. The van der Waals surface area contributed by atoms with Gasteiger partial charge < -0.3 is 19.9 Å². The average Bonchev–Trinajstić information content (AvgIpc) is 3.14. The molecular weight excluding hydrogens is 472 g/mol. The van der Waals surface area contributed by atoms with Crippen LogP contribution >= 0.6 is 15.9 Å². The Morgan fingerprint density at radius 3 is 2.59 bits per heavy atom. The van der Waals surface area contributed by atoms with E-state index in [9.17, 15) is 5.26 Å². The molecule has 0 saturated carbocycles. The summed E-state index contributed by atoms with van der Waals surface area (Å²) in [6, 6.07) is 14.1. The topological polar surface area (TPSA) is 106 Å². The van der Waals surface area contributed by atoms with Crippen molar-refractivity contribution in [1.29, 1.82) is 5.26 Å². The Balaban J connectivity index is 1.75. The van der Waals surface area contributed by atoms with Crippen LogP contribution in [0.5, 0.6) is 17.4 Å². The number of ether oxygens (including phenoxy) is 3. The maximum atomic E-state index is 9.83. The zero-order chi connectivity index (χ0) is 22.8. The van der Waals surface area contributed by atoms with E-state index in [0.29, 0.717) is 36.2 Å². The lowest BCUT2D eigenvalue weighted by molar-refractivity contribution is 0.269. The molecule has 2 aromatic carbocycles. The summed E-state index contributed by atoms with van der Waals surface area (Å²) in [6.07, 6.45) is 0. The van der Waals surface area contributed by atoms with Gasteiger partial charge in [-0.2, -0.15) is 5.26 Å². The van der Waals surface area contributed by atoms with Crippen LogP contribution in [0.1, 0.15) is 40.8 Å². The maximum absolute atomic E-state index is 9.83. The highest BCUT2D eigenvalue weighted by Crippen LogP contribution is 2.47.